The first-order valence-electron chi connectivity index (χ1n) is 8.35. The van der Waals surface area contributed by atoms with Crippen LogP contribution >= 0.6 is 24.0 Å². The summed E-state index contributed by atoms with van der Waals surface area (Å²) in [5.41, 5.74) is 4.10. The summed E-state index contributed by atoms with van der Waals surface area (Å²) in [5.74, 6) is -0.465. The molecule has 0 bridgehead atoms. The van der Waals surface area contributed by atoms with Crippen molar-refractivity contribution in [3.63, 3.8) is 0 Å². The summed E-state index contributed by atoms with van der Waals surface area (Å²) in [7, 11) is 0. The highest BCUT2D eigenvalue weighted by Gasteiger charge is 2.39. The van der Waals surface area contributed by atoms with Gasteiger partial charge in [0.25, 0.3) is 5.91 Å². The predicted octanol–water partition coefficient (Wildman–Crippen LogP) is 2.67. The van der Waals surface area contributed by atoms with Gasteiger partial charge in [-0.15, -0.1) is 24.0 Å². The van der Waals surface area contributed by atoms with Crippen molar-refractivity contribution >= 4 is 41.7 Å². The SMILES string of the molecule is Cl.O=C1CC[C@H](N2Cc3cc(-c4cc(CCl)ccn4)ccc3C2=O)C(=O)N1. The highest BCUT2D eigenvalue weighted by molar-refractivity contribution is 6.17. The van der Waals surface area contributed by atoms with E-state index >= 15 is 0 Å². The van der Waals surface area contributed by atoms with Crippen LogP contribution in [0.2, 0.25) is 0 Å². The number of amides is 3. The number of piperidine rings is 1. The molecule has 0 saturated carbocycles. The molecule has 1 aromatic carbocycles. The van der Waals surface area contributed by atoms with Crippen molar-refractivity contribution in [1.29, 1.82) is 0 Å². The fraction of sp³-hybridized carbons (Fsp3) is 0.263. The normalized spacial score (nSPS) is 18.8. The first-order chi connectivity index (χ1) is 12.6. The summed E-state index contributed by atoms with van der Waals surface area (Å²) in [4.78, 5) is 42.0. The van der Waals surface area contributed by atoms with Gasteiger partial charge in [0.2, 0.25) is 11.8 Å². The molecule has 0 unspecified atom stereocenters. The molecule has 1 atom stereocenters. The molecule has 8 heteroatoms. The van der Waals surface area contributed by atoms with E-state index in [1.165, 1.54) is 0 Å². The Morgan fingerprint density at radius 3 is 2.74 bits per heavy atom. The Hall–Kier alpha value is -2.44. The van der Waals surface area contributed by atoms with Crippen molar-refractivity contribution in [2.45, 2.75) is 31.3 Å². The van der Waals surface area contributed by atoms with E-state index in [9.17, 15) is 14.4 Å². The monoisotopic (exact) mass is 405 g/mol. The quantitative estimate of drug-likeness (QED) is 0.628. The number of aromatic nitrogens is 1. The van der Waals surface area contributed by atoms with Crippen LogP contribution in [-0.4, -0.2) is 33.6 Å². The Morgan fingerprint density at radius 2 is 2.00 bits per heavy atom. The minimum Gasteiger partial charge on any atom is -0.322 e. The zero-order valence-corrected chi connectivity index (χ0v) is 15.8. The van der Waals surface area contributed by atoms with Gasteiger partial charge in [0.1, 0.15) is 6.04 Å². The summed E-state index contributed by atoms with van der Waals surface area (Å²) in [6.07, 6.45) is 2.31. The molecule has 2 aromatic rings. The molecule has 0 spiro atoms. The Bertz CT molecular complexity index is 932. The lowest BCUT2D eigenvalue weighted by Gasteiger charge is -2.29. The minimum atomic E-state index is -0.603. The lowest BCUT2D eigenvalue weighted by molar-refractivity contribution is -0.136. The number of rotatable bonds is 3. The van der Waals surface area contributed by atoms with Gasteiger partial charge in [-0.25, -0.2) is 0 Å². The third-order valence-corrected chi connectivity index (χ3v) is 5.11. The van der Waals surface area contributed by atoms with E-state index in [0.29, 0.717) is 24.4 Å². The number of fused-ring (bicyclic) bond motifs is 1. The predicted molar refractivity (Wildman–Crippen MR) is 103 cm³/mol. The number of carbonyl (C=O) groups excluding carboxylic acids is 3. The Morgan fingerprint density at radius 1 is 1.19 bits per heavy atom. The van der Waals surface area contributed by atoms with Crippen LogP contribution in [-0.2, 0) is 22.0 Å². The van der Waals surface area contributed by atoms with E-state index in [4.69, 9.17) is 11.6 Å². The molecule has 0 radical (unpaired) electrons. The molecule has 2 aliphatic rings. The maximum Gasteiger partial charge on any atom is 0.255 e. The average molecular weight is 406 g/mol. The second kappa shape index (κ2) is 7.66. The fourth-order valence-electron chi connectivity index (χ4n) is 3.45. The molecule has 1 fully saturated rings. The summed E-state index contributed by atoms with van der Waals surface area (Å²) in [6, 6.07) is 8.73. The topological polar surface area (TPSA) is 79.4 Å². The number of pyridine rings is 1. The molecule has 1 aromatic heterocycles. The minimum absolute atomic E-state index is 0. The third-order valence-electron chi connectivity index (χ3n) is 4.80. The van der Waals surface area contributed by atoms with Crippen LogP contribution in [0.25, 0.3) is 11.3 Å². The molecule has 4 rings (SSSR count). The summed E-state index contributed by atoms with van der Waals surface area (Å²) in [6.45, 7) is 0.351. The molecule has 3 heterocycles. The molecule has 6 nitrogen and oxygen atoms in total. The first-order valence-corrected chi connectivity index (χ1v) is 8.89. The Kier molecular flexibility index (Phi) is 5.48. The molecule has 27 heavy (non-hydrogen) atoms. The van der Waals surface area contributed by atoms with Crippen LogP contribution in [0.1, 0.15) is 34.3 Å². The van der Waals surface area contributed by atoms with Crippen LogP contribution in [0.15, 0.2) is 36.5 Å². The molecule has 1 N–H and O–H groups in total. The Labute approximate surface area is 167 Å². The summed E-state index contributed by atoms with van der Waals surface area (Å²) < 4.78 is 0. The number of hydrogen-bond donors (Lipinski definition) is 1. The maximum atomic E-state index is 12.7. The number of nitrogens with zero attached hydrogens (tertiary/aromatic N) is 2. The van der Waals surface area contributed by atoms with Crippen LogP contribution in [0.5, 0.6) is 0 Å². The third kappa shape index (κ3) is 3.55. The molecule has 1 saturated heterocycles. The zero-order chi connectivity index (χ0) is 18.3. The van der Waals surface area contributed by atoms with Crippen LogP contribution < -0.4 is 5.32 Å². The molecule has 2 aliphatic heterocycles. The summed E-state index contributed by atoms with van der Waals surface area (Å²) >= 11 is 5.89. The number of hydrogen-bond acceptors (Lipinski definition) is 4. The maximum absolute atomic E-state index is 12.7. The van der Waals surface area contributed by atoms with Crippen LogP contribution in [0.4, 0.5) is 0 Å². The van der Waals surface area contributed by atoms with E-state index in [1.54, 1.807) is 17.2 Å². The van der Waals surface area contributed by atoms with Crippen molar-refractivity contribution < 1.29 is 14.4 Å². The zero-order valence-electron chi connectivity index (χ0n) is 14.3. The van der Waals surface area contributed by atoms with Crippen LogP contribution in [0, 0.1) is 0 Å². The van der Waals surface area contributed by atoms with Gasteiger partial charge < -0.3 is 4.90 Å². The molecular formula is C19H17Cl2N3O3. The second-order valence-corrected chi connectivity index (χ2v) is 6.72. The van der Waals surface area contributed by atoms with Gasteiger partial charge in [-0.1, -0.05) is 6.07 Å². The average Bonchev–Trinajstić information content (AvgIpc) is 2.98. The van der Waals surface area contributed by atoms with Gasteiger partial charge in [-0.3, -0.25) is 24.7 Å². The Balaban J connectivity index is 0.00000210. The van der Waals surface area contributed by atoms with E-state index < -0.39 is 11.9 Å². The molecule has 140 valence electrons. The molecule has 0 aliphatic carbocycles. The van der Waals surface area contributed by atoms with Crippen molar-refractivity contribution in [2.75, 3.05) is 0 Å². The lowest BCUT2D eigenvalue weighted by Crippen LogP contribution is -2.52. The highest BCUT2D eigenvalue weighted by Crippen LogP contribution is 2.30. The van der Waals surface area contributed by atoms with Gasteiger partial charge in [0.15, 0.2) is 0 Å². The van der Waals surface area contributed by atoms with E-state index in [-0.39, 0.29) is 30.6 Å². The fourth-order valence-corrected chi connectivity index (χ4v) is 3.62. The van der Waals surface area contributed by atoms with Gasteiger partial charge in [-0.2, -0.15) is 0 Å². The van der Waals surface area contributed by atoms with E-state index in [0.717, 1.165) is 22.4 Å². The standard InChI is InChI=1S/C19H16ClN3O3.ClH/c20-9-11-5-6-21-15(7-11)12-1-2-14-13(8-12)10-23(19(14)26)16-3-4-17(24)22-18(16)25;/h1-2,5-8,16H,3-4,9-10H2,(H,22,24,25);1H/t16-;/m0./s1. The number of carbonyl (C=O) groups is 3. The van der Waals surface area contributed by atoms with Crippen molar-refractivity contribution in [3.8, 4) is 11.3 Å². The number of halogens is 2. The van der Waals surface area contributed by atoms with E-state index in [1.807, 2.05) is 24.3 Å². The van der Waals surface area contributed by atoms with Gasteiger partial charge in [-0.05, 0) is 41.8 Å². The number of imide groups is 1. The second-order valence-electron chi connectivity index (χ2n) is 6.45. The smallest absolute Gasteiger partial charge is 0.255 e. The van der Waals surface area contributed by atoms with Gasteiger partial charge in [0.05, 0.1) is 5.69 Å². The highest BCUT2D eigenvalue weighted by atomic mass is 35.5. The van der Waals surface area contributed by atoms with Gasteiger partial charge in [0, 0.05) is 36.2 Å². The molecule has 3 amide bonds. The number of nitrogens with one attached hydrogen (secondary N) is 1. The molecular weight excluding hydrogens is 389 g/mol. The summed E-state index contributed by atoms with van der Waals surface area (Å²) in [5, 5.41) is 2.31. The number of benzene rings is 1. The largest absolute Gasteiger partial charge is 0.322 e. The first kappa shape index (κ1) is 19.3. The van der Waals surface area contributed by atoms with E-state index in [2.05, 4.69) is 10.3 Å². The lowest BCUT2D eigenvalue weighted by atomic mass is 10.0. The van der Waals surface area contributed by atoms with Crippen LogP contribution in [0.3, 0.4) is 0 Å². The van der Waals surface area contributed by atoms with Crippen molar-refractivity contribution in [1.82, 2.24) is 15.2 Å². The number of alkyl halides is 1. The van der Waals surface area contributed by atoms with Crippen molar-refractivity contribution in [2.24, 2.45) is 0 Å². The van der Waals surface area contributed by atoms with Gasteiger partial charge >= 0.3 is 0 Å². The van der Waals surface area contributed by atoms with Crippen molar-refractivity contribution in [3.05, 3.63) is 53.2 Å².